The number of fused-ring (bicyclic) bond motifs is 5. The van der Waals surface area contributed by atoms with E-state index in [1.807, 2.05) is 6.07 Å². The van der Waals surface area contributed by atoms with Crippen LogP contribution in [-0.4, -0.2) is 30.3 Å². The van der Waals surface area contributed by atoms with Crippen molar-refractivity contribution in [1.82, 2.24) is 5.32 Å². The molecule has 0 radical (unpaired) electrons. The average Bonchev–Trinajstić information content (AvgIpc) is 3.08. The molecule has 2 fully saturated rings. The van der Waals surface area contributed by atoms with Crippen LogP contribution in [0, 0.1) is 29.6 Å². The quantitative estimate of drug-likeness (QED) is 0.322. The van der Waals surface area contributed by atoms with Crippen molar-refractivity contribution in [2.75, 3.05) is 6.54 Å². The second-order valence-corrected chi connectivity index (χ2v) is 14.4. The largest absolute Gasteiger partial charge is 0.444 e. The number of benzene rings is 1. The van der Waals surface area contributed by atoms with Crippen molar-refractivity contribution in [1.29, 1.82) is 0 Å². The summed E-state index contributed by atoms with van der Waals surface area (Å²) in [4.78, 5) is 25.6. The molecule has 5 atom stereocenters. The Hall–Kier alpha value is -2.08. The Morgan fingerprint density at radius 2 is 1.82 bits per heavy atom. The second kappa shape index (κ2) is 10.1. The first-order chi connectivity index (χ1) is 17.6. The van der Waals surface area contributed by atoms with Gasteiger partial charge >= 0.3 is 12.1 Å². The maximum absolute atomic E-state index is 13.2. The fourth-order valence-corrected chi connectivity index (χ4v) is 8.70. The molecule has 38 heavy (non-hydrogen) atoms. The zero-order valence-corrected chi connectivity index (χ0v) is 25.0. The Morgan fingerprint density at radius 3 is 2.47 bits per heavy atom. The van der Waals surface area contributed by atoms with Crippen LogP contribution < -0.4 is 15.8 Å². The van der Waals surface area contributed by atoms with Crippen LogP contribution in [0.2, 0.25) is 0 Å². The van der Waals surface area contributed by atoms with Crippen molar-refractivity contribution in [3.8, 4) is 5.75 Å². The monoisotopic (exact) mass is 526 g/mol. The predicted molar refractivity (Wildman–Crippen MR) is 151 cm³/mol. The molecular formula is C32H50N2O4. The van der Waals surface area contributed by atoms with Gasteiger partial charge in [-0.15, -0.1) is 0 Å². The van der Waals surface area contributed by atoms with Gasteiger partial charge in [0.2, 0.25) is 0 Å². The minimum Gasteiger partial charge on any atom is -0.444 e. The van der Waals surface area contributed by atoms with Gasteiger partial charge in [-0.25, -0.2) is 9.59 Å². The van der Waals surface area contributed by atoms with Gasteiger partial charge in [-0.2, -0.15) is 0 Å². The molecule has 2 saturated carbocycles. The summed E-state index contributed by atoms with van der Waals surface area (Å²) in [6.07, 6.45) is 7.83. The molecule has 1 aromatic carbocycles. The van der Waals surface area contributed by atoms with Crippen molar-refractivity contribution >= 4 is 12.1 Å². The number of carbonyl (C=O) groups is 2. The summed E-state index contributed by atoms with van der Waals surface area (Å²) >= 11 is 0. The van der Waals surface area contributed by atoms with Gasteiger partial charge in [0.05, 0.1) is 0 Å². The van der Waals surface area contributed by atoms with Gasteiger partial charge in [0.25, 0.3) is 0 Å². The molecular weight excluding hydrogens is 476 g/mol. The fourth-order valence-electron chi connectivity index (χ4n) is 8.70. The molecule has 3 aliphatic carbocycles. The second-order valence-electron chi connectivity index (χ2n) is 14.4. The standard InChI is InChI=1S/C32H50N2O4/c1-20-17-22(37-27(35)23(11-9-16-33)34-28(36)38-29(2,3)4)18-21-19-25-31(7)14-10-13-30(5,6)24(31)12-15-32(25,8)26(20)21/h17-18,23-25H,9-16,19,33H2,1-8H3,(H,34,36)/t23?,24?,25-,31+,32-/m1/s1. The molecule has 212 valence electrons. The van der Waals surface area contributed by atoms with Gasteiger partial charge < -0.3 is 20.5 Å². The lowest BCUT2D eigenvalue weighted by molar-refractivity contribution is -0.137. The molecule has 0 spiro atoms. The number of aryl methyl sites for hydroxylation is 1. The van der Waals surface area contributed by atoms with E-state index in [9.17, 15) is 9.59 Å². The molecule has 0 aliphatic heterocycles. The lowest BCUT2D eigenvalue weighted by atomic mass is 9.43. The number of carbonyl (C=O) groups excluding carboxylic acids is 2. The number of nitrogens with two attached hydrogens (primary N) is 1. The number of hydrogen-bond donors (Lipinski definition) is 2. The molecule has 1 aromatic rings. The minimum atomic E-state index is -0.814. The molecule has 3 N–H and O–H groups in total. The highest BCUT2D eigenvalue weighted by atomic mass is 16.6. The van der Waals surface area contributed by atoms with Crippen LogP contribution in [0.5, 0.6) is 5.75 Å². The van der Waals surface area contributed by atoms with Gasteiger partial charge in [0.15, 0.2) is 0 Å². The lowest BCUT2D eigenvalue weighted by Gasteiger charge is -2.61. The van der Waals surface area contributed by atoms with E-state index in [4.69, 9.17) is 15.2 Å². The lowest BCUT2D eigenvalue weighted by Crippen LogP contribution is -2.55. The van der Waals surface area contributed by atoms with Crippen molar-refractivity contribution in [3.05, 3.63) is 28.8 Å². The van der Waals surface area contributed by atoms with E-state index in [2.05, 4.69) is 46.0 Å². The van der Waals surface area contributed by atoms with E-state index in [0.29, 0.717) is 41.9 Å². The molecule has 4 rings (SSSR count). The molecule has 2 unspecified atom stereocenters. The summed E-state index contributed by atoms with van der Waals surface area (Å²) in [5.41, 5.74) is 9.89. The van der Waals surface area contributed by atoms with E-state index in [1.165, 1.54) is 48.8 Å². The van der Waals surface area contributed by atoms with Crippen LogP contribution in [0.15, 0.2) is 12.1 Å². The highest BCUT2D eigenvalue weighted by molar-refractivity contribution is 5.83. The number of ether oxygens (including phenoxy) is 2. The van der Waals surface area contributed by atoms with Crippen LogP contribution in [-0.2, 0) is 21.4 Å². The summed E-state index contributed by atoms with van der Waals surface area (Å²) in [7, 11) is 0. The van der Waals surface area contributed by atoms with Crippen molar-refractivity contribution in [2.45, 2.75) is 124 Å². The minimum absolute atomic E-state index is 0.155. The van der Waals surface area contributed by atoms with E-state index in [-0.39, 0.29) is 5.41 Å². The average molecular weight is 527 g/mol. The first kappa shape index (κ1) is 28.9. The van der Waals surface area contributed by atoms with Crippen molar-refractivity contribution in [2.24, 2.45) is 28.4 Å². The summed E-state index contributed by atoms with van der Waals surface area (Å²) in [5, 5.41) is 2.69. The molecule has 0 aromatic heterocycles. The summed E-state index contributed by atoms with van der Waals surface area (Å²) in [6.45, 7) is 18.0. The van der Waals surface area contributed by atoms with Crippen LogP contribution in [0.3, 0.4) is 0 Å². The Balaban J connectivity index is 1.56. The predicted octanol–water partition coefficient (Wildman–Crippen LogP) is 6.59. The summed E-state index contributed by atoms with van der Waals surface area (Å²) in [5.74, 6) is 1.42. The zero-order valence-electron chi connectivity index (χ0n) is 25.0. The summed E-state index contributed by atoms with van der Waals surface area (Å²) in [6, 6.07) is 3.28. The Labute approximate surface area is 229 Å². The molecule has 1 amide bonds. The maximum atomic E-state index is 13.2. The highest BCUT2D eigenvalue weighted by Crippen LogP contribution is 2.67. The smallest absolute Gasteiger partial charge is 0.408 e. The van der Waals surface area contributed by atoms with Gasteiger partial charge in [-0.3, -0.25) is 0 Å². The molecule has 6 nitrogen and oxygen atoms in total. The van der Waals surface area contributed by atoms with Gasteiger partial charge in [0, 0.05) is 0 Å². The molecule has 0 bridgehead atoms. The number of hydrogen-bond acceptors (Lipinski definition) is 5. The van der Waals surface area contributed by atoms with E-state index < -0.39 is 23.7 Å². The number of alkyl carbamates (subject to hydrolysis) is 1. The number of esters is 1. The van der Waals surface area contributed by atoms with Crippen LogP contribution in [0.25, 0.3) is 0 Å². The first-order valence-corrected chi connectivity index (χ1v) is 14.7. The molecule has 3 aliphatic rings. The van der Waals surface area contributed by atoms with Crippen LogP contribution >= 0.6 is 0 Å². The first-order valence-electron chi connectivity index (χ1n) is 14.7. The fraction of sp³-hybridized carbons (Fsp3) is 0.750. The Morgan fingerprint density at radius 1 is 1.11 bits per heavy atom. The van der Waals surface area contributed by atoms with Crippen molar-refractivity contribution in [3.63, 3.8) is 0 Å². The maximum Gasteiger partial charge on any atom is 0.408 e. The van der Waals surface area contributed by atoms with Gasteiger partial charge in [-0.05, 0) is 136 Å². The molecule has 0 saturated heterocycles. The highest BCUT2D eigenvalue weighted by Gasteiger charge is 2.61. The number of rotatable bonds is 6. The van der Waals surface area contributed by atoms with E-state index in [0.717, 1.165) is 12.3 Å². The third-order valence-electron chi connectivity index (χ3n) is 10.1. The zero-order chi connectivity index (χ0) is 28.1. The van der Waals surface area contributed by atoms with Crippen LogP contribution in [0.1, 0.15) is 110 Å². The number of amides is 1. The van der Waals surface area contributed by atoms with E-state index in [1.54, 1.807) is 20.8 Å². The van der Waals surface area contributed by atoms with Gasteiger partial charge in [0.1, 0.15) is 17.4 Å². The SMILES string of the molecule is Cc1cc(OC(=O)C(CCCN)NC(=O)OC(C)(C)C)cc2c1[C@]1(C)CCC3C(C)(C)CCC[C@]3(C)[C@H]1C2. The Bertz CT molecular complexity index is 1070. The Kier molecular flexibility index (Phi) is 7.72. The molecule has 0 heterocycles. The summed E-state index contributed by atoms with van der Waals surface area (Å²) < 4.78 is 11.3. The van der Waals surface area contributed by atoms with E-state index >= 15 is 0 Å². The number of nitrogens with one attached hydrogen (secondary N) is 1. The topological polar surface area (TPSA) is 90.6 Å². The normalized spacial score (nSPS) is 30.4. The van der Waals surface area contributed by atoms with Crippen molar-refractivity contribution < 1.29 is 19.1 Å². The third kappa shape index (κ3) is 5.35. The van der Waals surface area contributed by atoms with Gasteiger partial charge in [-0.1, -0.05) is 34.1 Å². The molecule has 6 heteroatoms. The van der Waals surface area contributed by atoms with Crippen LogP contribution in [0.4, 0.5) is 4.79 Å². The third-order valence-corrected chi connectivity index (χ3v) is 10.1.